The number of fused-ring (bicyclic) bond motifs is 4. The van der Waals surface area contributed by atoms with Crippen molar-refractivity contribution in [2.45, 2.75) is 49.8 Å². The van der Waals surface area contributed by atoms with Crippen molar-refractivity contribution >= 4 is 58.5 Å². The normalized spacial score (nSPS) is 18.6. The van der Waals surface area contributed by atoms with Crippen molar-refractivity contribution in [1.29, 1.82) is 0 Å². The molecule has 3 aliphatic rings. The first-order valence-electron chi connectivity index (χ1n) is 18.1. The molecular formula is C47H46Cl2Hf. The van der Waals surface area contributed by atoms with Crippen molar-refractivity contribution < 1.29 is 20.0 Å². The molecule has 0 saturated carbocycles. The van der Waals surface area contributed by atoms with Crippen molar-refractivity contribution in [3.8, 4) is 22.3 Å². The second-order valence-corrected chi connectivity index (χ2v) is 31.8. The maximum atomic E-state index is 2.67. The molecule has 9 rings (SSSR count). The SMILES string of the molecule is CC(C)C1=Cc2c(-c3cccc4ccccc34)cccc2[CH]1[Hf]1([CH]2C(C(C)C)=Cc3c(-c4cccc5ccccc45)cccc32)[CH2]C[CH2]1.Cl.Cl. The molecule has 0 nitrogen and oxygen atoms in total. The Kier molecular flexibility index (Phi) is 9.66. The molecule has 0 radical (unpaired) electrons. The Balaban J connectivity index is 0.00000196. The third-order valence-electron chi connectivity index (χ3n) is 12.1. The van der Waals surface area contributed by atoms with Gasteiger partial charge in [0.1, 0.15) is 0 Å². The first-order valence-corrected chi connectivity index (χ1v) is 27.3. The molecule has 1 aliphatic heterocycles. The van der Waals surface area contributed by atoms with Crippen LogP contribution in [0, 0.1) is 11.8 Å². The van der Waals surface area contributed by atoms with E-state index in [2.05, 4.69) is 161 Å². The van der Waals surface area contributed by atoms with Crippen LogP contribution in [0.25, 0.3) is 56.0 Å². The van der Waals surface area contributed by atoms with Crippen LogP contribution >= 0.6 is 24.8 Å². The maximum absolute atomic E-state index is 3.17. The van der Waals surface area contributed by atoms with E-state index in [9.17, 15) is 0 Å². The number of allylic oxidation sites excluding steroid dienone is 2. The van der Waals surface area contributed by atoms with Crippen LogP contribution in [-0.2, 0) is 20.0 Å². The molecule has 2 atom stereocenters. The molecule has 1 heterocycles. The van der Waals surface area contributed by atoms with Gasteiger partial charge in [0, 0.05) is 0 Å². The predicted molar refractivity (Wildman–Crippen MR) is 219 cm³/mol. The van der Waals surface area contributed by atoms with Crippen LogP contribution in [0.3, 0.4) is 0 Å². The molecule has 2 unspecified atom stereocenters. The summed E-state index contributed by atoms with van der Waals surface area (Å²) in [6.45, 7) is 9.84. The predicted octanol–water partition coefficient (Wildman–Crippen LogP) is 14.5. The number of hydrogen-bond donors (Lipinski definition) is 0. The summed E-state index contributed by atoms with van der Waals surface area (Å²) in [5.74, 6) is 1.07. The molecule has 50 heavy (non-hydrogen) atoms. The Morgan fingerprint density at radius 3 is 1.24 bits per heavy atom. The Morgan fingerprint density at radius 1 is 0.460 bits per heavy atom. The summed E-state index contributed by atoms with van der Waals surface area (Å²) in [6.07, 6.45) is 6.74. The van der Waals surface area contributed by atoms with Gasteiger partial charge in [-0.1, -0.05) is 0 Å². The van der Waals surface area contributed by atoms with Crippen molar-refractivity contribution in [2.75, 3.05) is 0 Å². The summed E-state index contributed by atoms with van der Waals surface area (Å²) in [7, 11) is 0. The summed E-state index contributed by atoms with van der Waals surface area (Å²) >= 11 is -3.17. The van der Waals surface area contributed by atoms with Crippen LogP contribution in [0.2, 0.25) is 8.35 Å². The molecule has 2 aliphatic carbocycles. The molecule has 6 aromatic carbocycles. The molecule has 1 saturated heterocycles. The summed E-state index contributed by atoms with van der Waals surface area (Å²) in [5.41, 5.74) is 15.3. The van der Waals surface area contributed by atoms with Gasteiger partial charge < -0.3 is 0 Å². The van der Waals surface area contributed by atoms with Gasteiger partial charge >= 0.3 is 292 Å². The number of halogens is 2. The van der Waals surface area contributed by atoms with Gasteiger partial charge in [0.05, 0.1) is 0 Å². The first-order chi connectivity index (χ1) is 23.5. The molecule has 3 heteroatoms. The number of rotatable bonds is 6. The summed E-state index contributed by atoms with van der Waals surface area (Å²) < 4.78 is 4.25. The Labute approximate surface area is 314 Å². The van der Waals surface area contributed by atoms with E-state index in [0.29, 0.717) is 19.2 Å². The van der Waals surface area contributed by atoms with Gasteiger partial charge in [-0.15, -0.1) is 24.8 Å². The third-order valence-corrected chi connectivity index (χ3v) is 34.2. The van der Waals surface area contributed by atoms with E-state index in [-0.39, 0.29) is 24.8 Å². The molecule has 0 bridgehead atoms. The zero-order valence-corrected chi connectivity index (χ0v) is 34.7. The van der Waals surface area contributed by atoms with E-state index in [4.69, 9.17) is 0 Å². The second-order valence-electron chi connectivity index (χ2n) is 15.2. The van der Waals surface area contributed by atoms with Crippen molar-refractivity contribution in [1.82, 2.24) is 0 Å². The van der Waals surface area contributed by atoms with E-state index in [0.717, 1.165) is 0 Å². The molecule has 0 N–H and O–H groups in total. The zero-order chi connectivity index (χ0) is 32.6. The van der Waals surface area contributed by atoms with Crippen molar-refractivity contribution in [3.05, 3.63) is 155 Å². The van der Waals surface area contributed by atoms with E-state index >= 15 is 0 Å². The first kappa shape index (κ1) is 35.2. The minimum Gasteiger partial charge on any atom is -0.147 e. The van der Waals surface area contributed by atoms with Gasteiger partial charge in [-0.3, -0.25) is 0 Å². The average molecular weight is 860 g/mol. The maximum Gasteiger partial charge on any atom is -0.147 e. The van der Waals surface area contributed by atoms with Gasteiger partial charge in [0.2, 0.25) is 0 Å². The minimum atomic E-state index is -3.17. The molecule has 0 aromatic heterocycles. The molecule has 0 amide bonds. The smallest absolute Gasteiger partial charge is 0.147 e. The molecule has 6 aromatic rings. The van der Waals surface area contributed by atoms with Crippen LogP contribution in [0.4, 0.5) is 0 Å². The van der Waals surface area contributed by atoms with Crippen LogP contribution < -0.4 is 0 Å². The number of benzene rings is 6. The fourth-order valence-corrected chi connectivity index (χ4v) is 33.4. The van der Waals surface area contributed by atoms with Gasteiger partial charge in [0.25, 0.3) is 0 Å². The molecule has 0 spiro atoms. The summed E-state index contributed by atoms with van der Waals surface area (Å²) in [6, 6.07) is 46.1. The summed E-state index contributed by atoms with van der Waals surface area (Å²) in [4.78, 5) is 0. The van der Waals surface area contributed by atoms with Crippen LogP contribution in [0.5, 0.6) is 0 Å². The Hall–Kier alpha value is -3.23. The zero-order valence-electron chi connectivity index (χ0n) is 29.4. The Bertz CT molecular complexity index is 2140. The van der Waals surface area contributed by atoms with Gasteiger partial charge in [-0.05, 0) is 0 Å². The van der Waals surface area contributed by atoms with E-state index in [1.54, 1.807) is 22.3 Å². The fraction of sp³-hybridized carbons (Fsp3) is 0.234. The molecule has 1 fully saturated rings. The van der Waals surface area contributed by atoms with E-state index in [1.807, 2.05) is 0 Å². The minimum absolute atomic E-state index is 0. The number of hydrogen-bond acceptors (Lipinski definition) is 0. The monoisotopic (exact) mass is 860 g/mol. The van der Waals surface area contributed by atoms with Crippen molar-refractivity contribution in [2.24, 2.45) is 11.8 Å². The Morgan fingerprint density at radius 2 is 0.840 bits per heavy atom. The van der Waals surface area contributed by atoms with Gasteiger partial charge in [0.15, 0.2) is 0 Å². The standard InChI is InChI=1S/2C22H19.C3H6.2ClH.Hf/c2*1-15(2)18-13-17-9-6-12-21(22(17)14-18)20-11-5-8-16-7-3-4-10-19(16)20;1-3-2;;;/h2*3-15H,1-2H3;1-3H2;2*1H;. The van der Waals surface area contributed by atoms with E-state index in [1.165, 1.54) is 69.7 Å². The molecular weight excluding hydrogens is 814 g/mol. The fourth-order valence-electron chi connectivity index (χ4n) is 9.85. The third kappa shape index (κ3) is 5.34. The van der Waals surface area contributed by atoms with Crippen LogP contribution in [0.15, 0.2) is 132 Å². The van der Waals surface area contributed by atoms with Crippen LogP contribution in [0.1, 0.15) is 63.7 Å². The second kappa shape index (κ2) is 13.7. The molecule has 252 valence electrons. The van der Waals surface area contributed by atoms with Gasteiger partial charge in [-0.2, -0.15) is 0 Å². The van der Waals surface area contributed by atoms with Crippen LogP contribution in [-0.4, -0.2) is 0 Å². The van der Waals surface area contributed by atoms with E-state index < -0.39 is 20.0 Å². The quantitative estimate of drug-likeness (QED) is 0.146. The van der Waals surface area contributed by atoms with Crippen molar-refractivity contribution in [3.63, 3.8) is 0 Å². The average Bonchev–Trinajstić information content (AvgIpc) is 3.68. The van der Waals surface area contributed by atoms with Gasteiger partial charge in [-0.25, -0.2) is 0 Å². The summed E-state index contributed by atoms with van der Waals surface area (Å²) in [5, 5.41) is 5.36. The topological polar surface area (TPSA) is 0 Å². The largest absolute Gasteiger partial charge is 0.147 e.